The van der Waals surface area contributed by atoms with Crippen LogP contribution in [0.25, 0.3) is 5.52 Å². The van der Waals surface area contributed by atoms with E-state index < -0.39 is 20.0 Å². The molecule has 5 rings (SSSR count). The molecule has 3 N–H and O–H groups in total. The number of amides is 1. The Morgan fingerprint density at radius 3 is 2.80 bits per heavy atom. The quantitative estimate of drug-likeness (QED) is 0.276. The molecule has 0 aromatic carbocycles. The van der Waals surface area contributed by atoms with Crippen molar-refractivity contribution >= 4 is 42.3 Å². The molecule has 2 aliphatic heterocycles. The number of ether oxygens (including phenoxy) is 1. The number of nitrogens with zero attached hydrogens (tertiary/aromatic N) is 4. The number of piperidine rings is 1. The van der Waals surface area contributed by atoms with E-state index in [1.807, 2.05) is 6.07 Å². The molecular formula is C27H30F3N7O2Se. The number of alkyl halides is 3. The van der Waals surface area contributed by atoms with E-state index in [-0.39, 0.29) is 34.3 Å². The van der Waals surface area contributed by atoms with Gasteiger partial charge in [-0.1, -0.05) is 0 Å². The summed E-state index contributed by atoms with van der Waals surface area (Å²) in [7, 11) is 5.12. The van der Waals surface area contributed by atoms with Gasteiger partial charge in [0.05, 0.1) is 0 Å². The fourth-order valence-corrected chi connectivity index (χ4v) is 6.93. The molecule has 0 aliphatic carbocycles. The van der Waals surface area contributed by atoms with E-state index in [9.17, 15) is 18.0 Å². The van der Waals surface area contributed by atoms with Crippen LogP contribution in [-0.4, -0.2) is 91.3 Å². The Bertz CT molecular complexity index is 1470. The topological polar surface area (TPSA) is 95.8 Å². The zero-order valence-electron chi connectivity index (χ0n) is 22.3. The van der Waals surface area contributed by atoms with E-state index in [2.05, 4.69) is 49.8 Å². The Balaban J connectivity index is 1.40. The van der Waals surface area contributed by atoms with Gasteiger partial charge in [0.1, 0.15) is 0 Å². The van der Waals surface area contributed by atoms with Crippen molar-refractivity contribution in [2.75, 3.05) is 38.4 Å². The second-order valence-corrected chi connectivity index (χ2v) is 12.0. The summed E-state index contributed by atoms with van der Waals surface area (Å²) < 4.78 is 47.8. The minimum absolute atomic E-state index is 0.103. The number of aromatic nitrogens is 3. The third-order valence-corrected chi connectivity index (χ3v) is 9.21. The van der Waals surface area contributed by atoms with Crippen molar-refractivity contribution < 1.29 is 22.7 Å². The molecule has 0 radical (unpaired) electrons. The number of anilines is 2. The molecule has 2 bridgehead atoms. The average Bonchev–Trinajstić information content (AvgIpc) is 3.38. The maximum atomic E-state index is 13.6. The van der Waals surface area contributed by atoms with Crippen LogP contribution in [0, 0.1) is 11.8 Å². The number of likely N-dealkylation sites (N-methyl/N-ethyl adjacent to an activating group) is 1. The average molecular weight is 621 g/mol. The molecule has 0 spiro atoms. The van der Waals surface area contributed by atoms with Crippen molar-refractivity contribution in [2.24, 2.45) is 0 Å². The van der Waals surface area contributed by atoms with Crippen molar-refractivity contribution in [1.29, 1.82) is 0 Å². The third kappa shape index (κ3) is 5.84. The molecule has 0 unspecified atom stereocenters. The fraction of sp³-hybridized carbons (Fsp3) is 0.444. The third-order valence-electron chi connectivity index (χ3n) is 7.45. The number of fused-ring (bicyclic) bond motifs is 3. The van der Waals surface area contributed by atoms with E-state index in [0.29, 0.717) is 34.9 Å². The summed E-state index contributed by atoms with van der Waals surface area (Å²) in [6.45, 7) is 0.103. The van der Waals surface area contributed by atoms with Gasteiger partial charge in [-0.25, -0.2) is 0 Å². The van der Waals surface area contributed by atoms with Crippen molar-refractivity contribution in [3.8, 4) is 17.6 Å². The zero-order chi connectivity index (χ0) is 28.4. The minimum atomic E-state index is -4.36. The first-order chi connectivity index (χ1) is 19.2. The molecule has 0 saturated carbocycles. The molecule has 2 aliphatic rings. The normalized spacial score (nSPS) is 20.6. The van der Waals surface area contributed by atoms with Crippen molar-refractivity contribution in [3.05, 3.63) is 41.9 Å². The predicted octanol–water partition coefficient (Wildman–Crippen LogP) is 2.45. The molecule has 2 saturated heterocycles. The fourth-order valence-electron chi connectivity index (χ4n) is 5.51. The van der Waals surface area contributed by atoms with Gasteiger partial charge in [-0.3, -0.25) is 0 Å². The number of carbonyl (C=O) groups is 1. The van der Waals surface area contributed by atoms with Gasteiger partial charge in [-0.15, -0.1) is 0 Å². The molecular weight excluding hydrogens is 590 g/mol. The predicted molar refractivity (Wildman–Crippen MR) is 147 cm³/mol. The van der Waals surface area contributed by atoms with Gasteiger partial charge in [0.25, 0.3) is 0 Å². The van der Waals surface area contributed by atoms with Gasteiger partial charge in [-0.05, 0) is 0 Å². The second-order valence-electron chi connectivity index (χ2n) is 9.73. The Labute approximate surface area is 236 Å². The Morgan fingerprint density at radius 1 is 1.25 bits per heavy atom. The van der Waals surface area contributed by atoms with Crippen LogP contribution < -0.4 is 25.1 Å². The van der Waals surface area contributed by atoms with E-state index >= 15 is 0 Å². The first kappa shape index (κ1) is 28.1. The molecule has 3 aromatic heterocycles. The SMILES string of the molecule is CNC(=O)c1cc(OC)c(NCC#Cc2nn3c(N[C@@H]4CC[C@@H]5CC[C@H]4N5C)cccc3c2[Se]C(F)(F)F)cn1. The first-order valence-electron chi connectivity index (χ1n) is 12.9. The molecule has 40 heavy (non-hydrogen) atoms. The monoisotopic (exact) mass is 621 g/mol. The van der Waals surface area contributed by atoms with Crippen LogP contribution in [0.5, 0.6) is 5.75 Å². The van der Waals surface area contributed by atoms with Gasteiger partial charge in [0.2, 0.25) is 0 Å². The van der Waals surface area contributed by atoms with E-state index in [1.54, 1.807) is 16.6 Å². The van der Waals surface area contributed by atoms with Crippen molar-refractivity contribution in [2.45, 2.75) is 48.9 Å². The molecule has 13 heteroatoms. The summed E-state index contributed by atoms with van der Waals surface area (Å²) in [4.78, 5) is 18.4. The van der Waals surface area contributed by atoms with Crippen LogP contribution in [0.15, 0.2) is 30.5 Å². The molecule has 3 atom stereocenters. The Morgan fingerprint density at radius 2 is 2.05 bits per heavy atom. The van der Waals surface area contributed by atoms with Crippen molar-refractivity contribution in [1.82, 2.24) is 24.8 Å². The molecule has 1 amide bonds. The van der Waals surface area contributed by atoms with Crippen LogP contribution in [0.2, 0.25) is 0 Å². The van der Waals surface area contributed by atoms with E-state index in [1.165, 1.54) is 32.8 Å². The maximum absolute atomic E-state index is 13.6. The molecule has 3 aromatic rings. The first-order valence-corrected chi connectivity index (χ1v) is 14.6. The number of halogens is 3. The molecule has 2 fully saturated rings. The molecule has 5 heterocycles. The molecule has 9 nitrogen and oxygen atoms in total. The summed E-state index contributed by atoms with van der Waals surface area (Å²) in [6, 6.07) is 7.98. The summed E-state index contributed by atoms with van der Waals surface area (Å²) in [5.74, 6) is 6.43. The number of carbonyl (C=O) groups excluding carboxylic acids is 1. The standard InChI is InChI=1S/C27H30F3N7O2Se/c1-31-26(38)19-14-23(39-3)20(15-33-19)32-13-5-6-18-25(40-27(28,29)30)22-7-4-8-24(37(22)35-18)34-17-11-9-16-10-12-21(17)36(16)2/h4,7-8,14-17,21,32,34H,9-13H2,1-3H3,(H,31,38)/t16-,17-,21-/m1/s1. The van der Waals surface area contributed by atoms with Crippen LogP contribution in [0.4, 0.5) is 24.7 Å². The van der Waals surface area contributed by atoms with E-state index in [0.717, 1.165) is 19.3 Å². The molecule has 212 valence electrons. The summed E-state index contributed by atoms with van der Waals surface area (Å²) in [5, 5.41) is 9.30. The van der Waals surface area contributed by atoms with Crippen molar-refractivity contribution in [3.63, 3.8) is 0 Å². The van der Waals surface area contributed by atoms with Crippen LogP contribution >= 0.6 is 0 Å². The summed E-state index contributed by atoms with van der Waals surface area (Å²) in [6.07, 6.45) is 5.84. The number of rotatable bonds is 7. The Hall–Kier alpha value is -3.46. The van der Waals surface area contributed by atoms with Gasteiger partial charge in [0, 0.05) is 7.05 Å². The van der Waals surface area contributed by atoms with Gasteiger partial charge in [-0.2, -0.15) is 0 Å². The number of methoxy groups -OCH3 is 1. The number of hydrogen-bond acceptors (Lipinski definition) is 7. The number of hydrogen-bond donors (Lipinski definition) is 3. The van der Waals surface area contributed by atoms with Crippen LogP contribution in [0.1, 0.15) is 41.9 Å². The van der Waals surface area contributed by atoms with Crippen LogP contribution in [-0.2, 0) is 0 Å². The zero-order valence-corrected chi connectivity index (χ0v) is 24.0. The second kappa shape index (κ2) is 11.6. The van der Waals surface area contributed by atoms with Crippen LogP contribution in [0.3, 0.4) is 0 Å². The number of nitrogens with one attached hydrogen (secondary N) is 3. The summed E-state index contributed by atoms with van der Waals surface area (Å²) >= 11 is -1.82. The summed E-state index contributed by atoms with van der Waals surface area (Å²) in [5.41, 5.74) is 1.20. The van der Waals surface area contributed by atoms with Gasteiger partial charge < -0.3 is 0 Å². The van der Waals surface area contributed by atoms with Gasteiger partial charge in [0.15, 0.2) is 0 Å². The number of pyridine rings is 2. The van der Waals surface area contributed by atoms with Gasteiger partial charge >= 0.3 is 230 Å². The van der Waals surface area contributed by atoms with E-state index in [4.69, 9.17) is 4.74 Å². The Kier molecular flexibility index (Phi) is 8.12.